The Balaban J connectivity index is 2.40. The summed E-state index contributed by atoms with van der Waals surface area (Å²) in [7, 11) is 0. The van der Waals surface area contributed by atoms with Crippen LogP contribution in [-0.2, 0) is 4.79 Å². The van der Waals surface area contributed by atoms with E-state index < -0.39 is 0 Å². The van der Waals surface area contributed by atoms with Gasteiger partial charge >= 0.3 is 0 Å². The highest BCUT2D eigenvalue weighted by Gasteiger charge is 2.31. The molecular formula is C16H32N2O. The fourth-order valence-corrected chi connectivity index (χ4v) is 3.12. The molecule has 0 saturated heterocycles. The van der Waals surface area contributed by atoms with Gasteiger partial charge in [0.25, 0.3) is 0 Å². The molecule has 0 bridgehead atoms. The molecule has 0 aromatic rings. The van der Waals surface area contributed by atoms with Gasteiger partial charge in [0.05, 0.1) is 0 Å². The van der Waals surface area contributed by atoms with E-state index in [4.69, 9.17) is 0 Å². The van der Waals surface area contributed by atoms with Crippen molar-refractivity contribution in [3.63, 3.8) is 0 Å². The standard InChI is InChI=1S/C16H32N2O/c1-11(2)14-7-6-13(5)10-15(14)18-16(19)8-9-17-12(3)4/h11-15,17H,6-10H2,1-5H3,(H,18,19). The maximum atomic E-state index is 12.0. The summed E-state index contributed by atoms with van der Waals surface area (Å²) in [5, 5.41) is 6.57. The first-order valence-electron chi connectivity index (χ1n) is 7.92. The quantitative estimate of drug-likeness (QED) is 0.777. The molecule has 1 amide bonds. The van der Waals surface area contributed by atoms with Crippen LogP contribution in [-0.4, -0.2) is 24.5 Å². The third-order valence-corrected chi connectivity index (χ3v) is 4.27. The van der Waals surface area contributed by atoms with E-state index in [-0.39, 0.29) is 5.91 Å². The van der Waals surface area contributed by atoms with Crippen molar-refractivity contribution in [1.29, 1.82) is 0 Å². The average Bonchev–Trinajstić information content (AvgIpc) is 2.27. The summed E-state index contributed by atoms with van der Waals surface area (Å²) in [5.41, 5.74) is 0. The average molecular weight is 268 g/mol. The normalized spacial score (nSPS) is 27.8. The molecule has 0 aliphatic heterocycles. The topological polar surface area (TPSA) is 41.1 Å². The van der Waals surface area contributed by atoms with Gasteiger partial charge in [0, 0.05) is 25.0 Å². The fourth-order valence-electron chi connectivity index (χ4n) is 3.12. The van der Waals surface area contributed by atoms with Crippen molar-refractivity contribution in [3.8, 4) is 0 Å². The largest absolute Gasteiger partial charge is 0.353 e. The summed E-state index contributed by atoms with van der Waals surface area (Å²) >= 11 is 0. The summed E-state index contributed by atoms with van der Waals surface area (Å²) < 4.78 is 0. The molecule has 0 radical (unpaired) electrons. The van der Waals surface area contributed by atoms with E-state index >= 15 is 0 Å². The number of hydrogen-bond donors (Lipinski definition) is 2. The van der Waals surface area contributed by atoms with E-state index in [9.17, 15) is 4.79 Å². The Morgan fingerprint density at radius 1 is 1.21 bits per heavy atom. The van der Waals surface area contributed by atoms with E-state index in [1.54, 1.807) is 0 Å². The predicted octanol–water partition coefficient (Wildman–Crippen LogP) is 2.95. The maximum Gasteiger partial charge on any atom is 0.221 e. The van der Waals surface area contributed by atoms with Crippen LogP contribution in [0, 0.1) is 17.8 Å². The van der Waals surface area contributed by atoms with Crippen molar-refractivity contribution in [1.82, 2.24) is 10.6 Å². The fraction of sp³-hybridized carbons (Fsp3) is 0.938. The Morgan fingerprint density at radius 3 is 2.47 bits per heavy atom. The molecule has 0 aromatic carbocycles. The number of rotatable bonds is 6. The Labute approximate surface area is 118 Å². The molecule has 3 nitrogen and oxygen atoms in total. The van der Waals surface area contributed by atoms with Crippen LogP contribution in [0.15, 0.2) is 0 Å². The van der Waals surface area contributed by atoms with E-state index in [1.165, 1.54) is 12.8 Å². The maximum absolute atomic E-state index is 12.0. The van der Waals surface area contributed by atoms with Gasteiger partial charge < -0.3 is 10.6 Å². The molecule has 19 heavy (non-hydrogen) atoms. The van der Waals surface area contributed by atoms with Gasteiger partial charge in [-0.15, -0.1) is 0 Å². The second-order valence-corrected chi connectivity index (χ2v) is 6.86. The molecule has 1 saturated carbocycles. The molecule has 0 heterocycles. The van der Waals surface area contributed by atoms with Crippen LogP contribution in [0.5, 0.6) is 0 Å². The zero-order valence-corrected chi connectivity index (χ0v) is 13.3. The first-order chi connectivity index (χ1) is 8.90. The van der Waals surface area contributed by atoms with Gasteiger partial charge in [0.2, 0.25) is 5.91 Å². The van der Waals surface area contributed by atoms with E-state index in [0.717, 1.165) is 18.9 Å². The highest BCUT2D eigenvalue weighted by molar-refractivity contribution is 5.76. The Bertz CT molecular complexity index is 276. The van der Waals surface area contributed by atoms with E-state index in [2.05, 4.69) is 45.3 Å². The molecule has 1 aliphatic carbocycles. The zero-order chi connectivity index (χ0) is 14.4. The highest BCUT2D eigenvalue weighted by atomic mass is 16.1. The second kappa shape index (κ2) is 7.88. The van der Waals surface area contributed by atoms with Crippen molar-refractivity contribution in [2.75, 3.05) is 6.54 Å². The van der Waals surface area contributed by atoms with Crippen molar-refractivity contribution in [2.24, 2.45) is 17.8 Å². The van der Waals surface area contributed by atoms with E-state index in [1.807, 2.05) is 0 Å². The van der Waals surface area contributed by atoms with Gasteiger partial charge in [-0.1, -0.05) is 41.0 Å². The van der Waals surface area contributed by atoms with Gasteiger partial charge in [-0.05, 0) is 30.6 Å². The van der Waals surface area contributed by atoms with Crippen LogP contribution in [0.3, 0.4) is 0 Å². The molecule has 112 valence electrons. The predicted molar refractivity (Wildman–Crippen MR) is 81.0 cm³/mol. The summed E-state index contributed by atoms with van der Waals surface area (Å²) in [6.07, 6.45) is 4.30. The number of amides is 1. The zero-order valence-electron chi connectivity index (χ0n) is 13.3. The molecule has 2 N–H and O–H groups in total. The van der Waals surface area contributed by atoms with Crippen LogP contribution in [0.25, 0.3) is 0 Å². The summed E-state index contributed by atoms with van der Waals surface area (Å²) in [4.78, 5) is 12.0. The monoisotopic (exact) mass is 268 g/mol. The third kappa shape index (κ3) is 5.94. The number of hydrogen-bond acceptors (Lipinski definition) is 2. The molecule has 1 fully saturated rings. The Hall–Kier alpha value is -0.570. The minimum absolute atomic E-state index is 0.206. The lowest BCUT2D eigenvalue weighted by molar-refractivity contribution is -0.122. The van der Waals surface area contributed by atoms with Crippen LogP contribution in [0.4, 0.5) is 0 Å². The number of carbonyl (C=O) groups is 1. The van der Waals surface area contributed by atoms with Gasteiger partial charge in [0.1, 0.15) is 0 Å². The summed E-state index contributed by atoms with van der Waals surface area (Å²) in [5.74, 6) is 2.26. The van der Waals surface area contributed by atoms with Crippen LogP contribution in [0.1, 0.15) is 60.3 Å². The molecule has 3 heteroatoms. The first kappa shape index (κ1) is 16.5. The van der Waals surface area contributed by atoms with Crippen molar-refractivity contribution in [2.45, 2.75) is 72.4 Å². The third-order valence-electron chi connectivity index (χ3n) is 4.27. The molecule has 1 aliphatic rings. The minimum atomic E-state index is 0.206. The molecule has 3 unspecified atom stereocenters. The molecule has 3 atom stereocenters. The second-order valence-electron chi connectivity index (χ2n) is 6.86. The van der Waals surface area contributed by atoms with E-state index in [0.29, 0.717) is 30.3 Å². The van der Waals surface area contributed by atoms with Gasteiger partial charge in [-0.25, -0.2) is 0 Å². The smallest absolute Gasteiger partial charge is 0.221 e. The van der Waals surface area contributed by atoms with Crippen molar-refractivity contribution < 1.29 is 4.79 Å². The lowest BCUT2D eigenvalue weighted by atomic mass is 9.74. The summed E-state index contributed by atoms with van der Waals surface area (Å²) in [6.45, 7) is 11.8. The lowest BCUT2D eigenvalue weighted by Gasteiger charge is -2.37. The number of nitrogens with one attached hydrogen (secondary N) is 2. The SMILES string of the molecule is CC1CCC(C(C)C)C(NC(=O)CCNC(C)C)C1. The summed E-state index contributed by atoms with van der Waals surface area (Å²) in [6, 6.07) is 0.834. The first-order valence-corrected chi connectivity index (χ1v) is 7.92. The minimum Gasteiger partial charge on any atom is -0.353 e. The Morgan fingerprint density at radius 2 is 1.89 bits per heavy atom. The molecule has 0 aromatic heterocycles. The number of carbonyl (C=O) groups excluding carboxylic acids is 1. The van der Waals surface area contributed by atoms with Crippen molar-refractivity contribution in [3.05, 3.63) is 0 Å². The van der Waals surface area contributed by atoms with Crippen LogP contribution < -0.4 is 10.6 Å². The molecule has 0 spiro atoms. The van der Waals surface area contributed by atoms with Gasteiger partial charge in [-0.3, -0.25) is 4.79 Å². The molecule has 1 rings (SSSR count). The molecular weight excluding hydrogens is 236 g/mol. The lowest BCUT2D eigenvalue weighted by Crippen LogP contribution is -2.46. The Kier molecular flexibility index (Phi) is 6.84. The van der Waals surface area contributed by atoms with Crippen LogP contribution >= 0.6 is 0 Å². The highest BCUT2D eigenvalue weighted by Crippen LogP contribution is 2.33. The van der Waals surface area contributed by atoms with Gasteiger partial charge in [-0.2, -0.15) is 0 Å². The van der Waals surface area contributed by atoms with Gasteiger partial charge in [0.15, 0.2) is 0 Å². The van der Waals surface area contributed by atoms with Crippen LogP contribution in [0.2, 0.25) is 0 Å². The van der Waals surface area contributed by atoms with Crippen molar-refractivity contribution >= 4 is 5.91 Å².